The molecule has 0 unspecified atom stereocenters. The first-order chi connectivity index (χ1) is 12.7. The SMILES string of the molecule is CCN(C)c1cccc(NC(=O)CCNc2ncc(C(F)(F)F)cc2Cl)c1. The third-order valence-electron chi connectivity index (χ3n) is 3.86. The summed E-state index contributed by atoms with van der Waals surface area (Å²) in [5, 5.41) is 5.40. The fourth-order valence-electron chi connectivity index (χ4n) is 2.24. The monoisotopic (exact) mass is 400 g/mol. The number of halogens is 4. The van der Waals surface area contributed by atoms with Crippen LogP contribution in [0.1, 0.15) is 18.9 Å². The summed E-state index contributed by atoms with van der Waals surface area (Å²) in [4.78, 5) is 17.8. The van der Waals surface area contributed by atoms with Crippen LogP contribution in [0.3, 0.4) is 0 Å². The smallest absolute Gasteiger partial charge is 0.375 e. The molecule has 0 radical (unpaired) electrons. The molecule has 0 atom stereocenters. The van der Waals surface area contributed by atoms with Crippen molar-refractivity contribution < 1.29 is 18.0 Å². The summed E-state index contributed by atoms with van der Waals surface area (Å²) in [6, 6.07) is 8.24. The number of hydrogen-bond acceptors (Lipinski definition) is 4. The zero-order valence-electron chi connectivity index (χ0n) is 14.9. The lowest BCUT2D eigenvalue weighted by Crippen LogP contribution is -2.18. The molecule has 27 heavy (non-hydrogen) atoms. The number of rotatable bonds is 7. The van der Waals surface area contributed by atoms with E-state index in [2.05, 4.69) is 15.6 Å². The van der Waals surface area contributed by atoms with Crippen molar-refractivity contribution in [1.82, 2.24) is 4.98 Å². The number of carbonyl (C=O) groups excluding carboxylic acids is 1. The maximum absolute atomic E-state index is 12.6. The van der Waals surface area contributed by atoms with Crippen LogP contribution in [0.15, 0.2) is 36.5 Å². The van der Waals surface area contributed by atoms with Crippen LogP contribution in [-0.2, 0) is 11.0 Å². The largest absolute Gasteiger partial charge is 0.417 e. The molecule has 1 heterocycles. The molecule has 5 nitrogen and oxygen atoms in total. The second-order valence-corrected chi connectivity index (χ2v) is 6.25. The molecule has 0 bridgehead atoms. The lowest BCUT2D eigenvalue weighted by molar-refractivity contribution is -0.137. The van der Waals surface area contributed by atoms with Crippen molar-refractivity contribution in [3.63, 3.8) is 0 Å². The molecule has 0 fully saturated rings. The molecular weight excluding hydrogens is 381 g/mol. The van der Waals surface area contributed by atoms with Gasteiger partial charge in [0.25, 0.3) is 0 Å². The van der Waals surface area contributed by atoms with Crippen LogP contribution in [0.4, 0.5) is 30.4 Å². The molecule has 2 rings (SSSR count). The number of pyridine rings is 1. The maximum Gasteiger partial charge on any atom is 0.417 e. The number of anilines is 3. The molecule has 0 aliphatic carbocycles. The Morgan fingerprint density at radius 2 is 2.04 bits per heavy atom. The summed E-state index contributed by atoms with van der Waals surface area (Å²) in [7, 11) is 1.95. The normalized spacial score (nSPS) is 11.2. The quantitative estimate of drug-likeness (QED) is 0.710. The van der Waals surface area contributed by atoms with E-state index in [4.69, 9.17) is 11.6 Å². The molecule has 1 amide bonds. The number of carbonyl (C=O) groups is 1. The third-order valence-corrected chi connectivity index (χ3v) is 4.15. The van der Waals surface area contributed by atoms with E-state index in [0.717, 1.165) is 18.3 Å². The molecule has 2 aromatic rings. The van der Waals surface area contributed by atoms with E-state index in [9.17, 15) is 18.0 Å². The summed E-state index contributed by atoms with van der Waals surface area (Å²) in [5.74, 6) is -0.133. The van der Waals surface area contributed by atoms with Gasteiger partial charge in [0.15, 0.2) is 0 Å². The van der Waals surface area contributed by atoms with Gasteiger partial charge in [-0.3, -0.25) is 4.79 Å². The molecule has 9 heteroatoms. The van der Waals surface area contributed by atoms with Crippen LogP contribution in [0.2, 0.25) is 5.02 Å². The zero-order chi connectivity index (χ0) is 20.0. The van der Waals surface area contributed by atoms with E-state index in [1.165, 1.54) is 0 Å². The highest BCUT2D eigenvalue weighted by molar-refractivity contribution is 6.33. The average molecular weight is 401 g/mol. The van der Waals surface area contributed by atoms with Crippen molar-refractivity contribution in [2.45, 2.75) is 19.5 Å². The lowest BCUT2D eigenvalue weighted by Gasteiger charge is -2.17. The topological polar surface area (TPSA) is 57.3 Å². The number of nitrogens with zero attached hydrogens (tertiary/aromatic N) is 2. The Labute approximate surface area is 160 Å². The van der Waals surface area contributed by atoms with Gasteiger partial charge in [0.2, 0.25) is 5.91 Å². The molecular formula is C18H20ClF3N4O. The van der Waals surface area contributed by atoms with Crippen molar-refractivity contribution in [2.24, 2.45) is 0 Å². The fraction of sp³-hybridized carbons (Fsp3) is 0.333. The Bertz CT molecular complexity index is 798. The highest BCUT2D eigenvalue weighted by Gasteiger charge is 2.31. The van der Waals surface area contributed by atoms with Crippen molar-refractivity contribution in [3.8, 4) is 0 Å². The second kappa shape index (κ2) is 8.94. The van der Waals surface area contributed by atoms with Crippen LogP contribution < -0.4 is 15.5 Å². The molecule has 0 saturated heterocycles. The van der Waals surface area contributed by atoms with Crippen molar-refractivity contribution >= 4 is 34.7 Å². The van der Waals surface area contributed by atoms with E-state index in [-0.39, 0.29) is 29.7 Å². The van der Waals surface area contributed by atoms with Gasteiger partial charge < -0.3 is 15.5 Å². The first kappa shape index (κ1) is 20.8. The number of hydrogen-bond donors (Lipinski definition) is 2. The Balaban J connectivity index is 1.88. The molecule has 146 valence electrons. The van der Waals surface area contributed by atoms with Crippen LogP contribution >= 0.6 is 11.6 Å². The Morgan fingerprint density at radius 3 is 2.67 bits per heavy atom. The molecule has 1 aromatic heterocycles. The highest BCUT2D eigenvalue weighted by Crippen LogP contribution is 2.32. The van der Waals surface area contributed by atoms with Gasteiger partial charge in [0, 0.05) is 44.1 Å². The molecule has 0 aliphatic rings. The van der Waals surface area contributed by atoms with E-state index in [1.54, 1.807) is 6.07 Å². The number of amides is 1. The van der Waals surface area contributed by atoms with Crippen LogP contribution in [0.5, 0.6) is 0 Å². The van der Waals surface area contributed by atoms with E-state index < -0.39 is 11.7 Å². The zero-order valence-corrected chi connectivity index (χ0v) is 15.7. The Morgan fingerprint density at radius 1 is 1.30 bits per heavy atom. The van der Waals surface area contributed by atoms with Gasteiger partial charge in [0.05, 0.1) is 10.6 Å². The van der Waals surface area contributed by atoms with Gasteiger partial charge >= 0.3 is 6.18 Å². The first-order valence-electron chi connectivity index (χ1n) is 8.28. The molecule has 0 saturated carbocycles. The summed E-state index contributed by atoms with van der Waals surface area (Å²) in [6.07, 6.45) is -3.70. The van der Waals surface area contributed by atoms with E-state index >= 15 is 0 Å². The minimum absolute atomic E-state index is 0.101. The van der Waals surface area contributed by atoms with Gasteiger partial charge in [-0.1, -0.05) is 17.7 Å². The van der Waals surface area contributed by atoms with Gasteiger partial charge in [-0.05, 0) is 31.2 Å². The maximum atomic E-state index is 12.6. The second-order valence-electron chi connectivity index (χ2n) is 5.84. The van der Waals surface area contributed by atoms with Gasteiger partial charge in [-0.2, -0.15) is 13.2 Å². The van der Waals surface area contributed by atoms with Crippen LogP contribution in [0, 0.1) is 0 Å². The summed E-state index contributed by atoms with van der Waals surface area (Å²) >= 11 is 5.81. The first-order valence-corrected chi connectivity index (χ1v) is 8.66. The molecule has 0 spiro atoms. The van der Waals surface area contributed by atoms with E-state index in [1.807, 2.05) is 37.1 Å². The Kier molecular flexibility index (Phi) is 6.90. The van der Waals surface area contributed by atoms with Crippen LogP contribution in [0.25, 0.3) is 0 Å². The average Bonchev–Trinajstić information content (AvgIpc) is 2.61. The van der Waals surface area contributed by atoms with Crippen molar-refractivity contribution in [1.29, 1.82) is 0 Å². The van der Waals surface area contributed by atoms with Crippen molar-refractivity contribution in [3.05, 3.63) is 47.1 Å². The Hall–Kier alpha value is -2.48. The summed E-state index contributed by atoms with van der Waals surface area (Å²) in [5.41, 5.74) is 0.727. The number of nitrogens with one attached hydrogen (secondary N) is 2. The van der Waals surface area contributed by atoms with Crippen LogP contribution in [-0.4, -0.2) is 31.0 Å². The predicted molar refractivity (Wildman–Crippen MR) is 101 cm³/mol. The minimum Gasteiger partial charge on any atom is -0.375 e. The molecule has 1 aromatic carbocycles. The third kappa shape index (κ3) is 6.02. The number of aromatic nitrogens is 1. The van der Waals surface area contributed by atoms with Gasteiger partial charge in [-0.25, -0.2) is 4.98 Å². The fourth-order valence-corrected chi connectivity index (χ4v) is 2.48. The van der Waals surface area contributed by atoms with Gasteiger partial charge in [-0.15, -0.1) is 0 Å². The standard InChI is InChI=1S/C18H20ClF3N4O/c1-3-26(2)14-6-4-5-13(10-14)25-16(27)7-8-23-17-15(19)9-12(11-24-17)18(20,21)22/h4-6,9-11H,3,7-8H2,1-2H3,(H,23,24)(H,25,27). The predicted octanol–water partition coefficient (Wildman–Crippen LogP) is 4.65. The van der Waals surface area contributed by atoms with E-state index in [0.29, 0.717) is 11.9 Å². The molecule has 0 aliphatic heterocycles. The molecule has 2 N–H and O–H groups in total. The minimum atomic E-state index is -4.50. The van der Waals surface area contributed by atoms with Crippen molar-refractivity contribution in [2.75, 3.05) is 35.7 Å². The highest BCUT2D eigenvalue weighted by atomic mass is 35.5. The summed E-state index contributed by atoms with van der Waals surface area (Å²) in [6.45, 7) is 3.04. The number of alkyl halides is 3. The number of benzene rings is 1. The van der Waals surface area contributed by atoms with Gasteiger partial charge in [0.1, 0.15) is 5.82 Å². The lowest BCUT2D eigenvalue weighted by atomic mass is 10.2. The summed E-state index contributed by atoms with van der Waals surface area (Å²) < 4.78 is 37.8.